The summed E-state index contributed by atoms with van der Waals surface area (Å²) >= 11 is 0. The van der Waals surface area contributed by atoms with Crippen LogP contribution in [0.1, 0.15) is 52.4 Å². The minimum absolute atomic E-state index is 0.0421. The maximum Gasteiger partial charge on any atom is 0.265 e. The number of nitrogens with one attached hydrogen (secondary N) is 2. The standard InChI is InChI=1S/C22H31N3O5S/c1-14-5-7-17(8-6-14)23-22(27)16-4-3-11-25(13-16)31(28,29)18-9-10-20-19(12-18)24-21(26)15(2)30-20/h9-10,12,14-17H,3-8,11,13H2,1-2H3,(H,23,27)(H,24,26)/t14?,15-,16+,17?/m0/s1. The maximum absolute atomic E-state index is 13.3. The number of fused-ring (bicyclic) bond motifs is 1. The van der Waals surface area contributed by atoms with Gasteiger partial charge in [-0.2, -0.15) is 4.31 Å². The fraction of sp³-hybridized carbons (Fsp3) is 0.636. The van der Waals surface area contributed by atoms with E-state index in [1.54, 1.807) is 13.0 Å². The molecule has 2 aliphatic heterocycles. The normalized spacial score (nSPS) is 29.4. The summed E-state index contributed by atoms with van der Waals surface area (Å²) in [6.45, 7) is 4.43. The Kier molecular flexibility index (Phi) is 6.25. The smallest absolute Gasteiger partial charge is 0.265 e. The van der Waals surface area contributed by atoms with Gasteiger partial charge in [-0.05, 0) is 69.6 Å². The molecule has 0 radical (unpaired) electrons. The number of ether oxygens (including phenoxy) is 1. The Labute approximate surface area is 183 Å². The van der Waals surface area contributed by atoms with Crippen molar-refractivity contribution in [2.45, 2.75) is 69.4 Å². The molecule has 0 unspecified atom stereocenters. The first-order valence-corrected chi connectivity index (χ1v) is 12.6. The lowest BCUT2D eigenvalue weighted by molar-refractivity contribution is -0.127. The van der Waals surface area contributed by atoms with Crippen LogP contribution in [0, 0.1) is 11.8 Å². The zero-order valence-corrected chi connectivity index (χ0v) is 18.9. The number of hydrogen-bond donors (Lipinski definition) is 2. The average Bonchev–Trinajstić information content (AvgIpc) is 2.76. The summed E-state index contributed by atoms with van der Waals surface area (Å²) in [5.41, 5.74) is 0.349. The molecule has 1 aromatic carbocycles. The fourth-order valence-electron chi connectivity index (χ4n) is 4.60. The number of piperidine rings is 1. The highest BCUT2D eigenvalue weighted by Crippen LogP contribution is 2.34. The monoisotopic (exact) mass is 449 g/mol. The minimum Gasteiger partial charge on any atom is -0.479 e. The molecule has 2 heterocycles. The van der Waals surface area contributed by atoms with E-state index in [2.05, 4.69) is 17.6 Å². The van der Waals surface area contributed by atoms with Crippen molar-refractivity contribution in [3.63, 3.8) is 0 Å². The van der Waals surface area contributed by atoms with Crippen molar-refractivity contribution >= 4 is 27.5 Å². The molecule has 9 heteroatoms. The molecule has 1 aromatic rings. The van der Waals surface area contributed by atoms with Crippen molar-refractivity contribution in [1.29, 1.82) is 0 Å². The van der Waals surface area contributed by atoms with Crippen LogP contribution >= 0.6 is 0 Å². The van der Waals surface area contributed by atoms with E-state index in [0.717, 1.165) is 25.7 Å². The third-order valence-electron chi connectivity index (χ3n) is 6.64. The molecule has 8 nitrogen and oxygen atoms in total. The Bertz CT molecular complexity index is 956. The van der Waals surface area contributed by atoms with E-state index in [0.29, 0.717) is 36.7 Å². The molecule has 2 amide bonds. The zero-order chi connectivity index (χ0) is 22.2. The Morgan fingerprint density at radius 3 is 2.65 bits per heavy atom. The number of carbonyl (C=O) groups is 2. The first kappa shape index (κ1) is 22.1. The van der Waals surface area contributed by atoms with Crippen LogP contribution in [-0.4, -0.2) is 49.8 Å². The summed E-state index contributed by atoms with van der Waals surface area (Å²) in [7, 11) is -3.79. The Balaban J connectivity index is 1.44. The van der Waals surface area contributed by atoms with Gasteiger partial charge in [0.25, 0.3) is 5.91 Å². The van der Waals surface area contributed by atoms with Gasteiger partial charge in [0.15, 0.2) is 6.10 Å². The second-order valence-corrected chi connectivity index (χ2v) is 11.0. The van der Waals surface area contributed by atoms with Gasteiger partial charge in [-0.3, -0.25) is 9.59 Å². The Morgan fingerprint density at radius 2 is 1.90 bits per heavy atom. The zero-order valence-electron chi connectivity index (χ0n) is 18.1. The molecule has 0 aromatic heterocycles. The van der Waals surface area contributed by atoms with Crippen molar-refractivity contribution in [3.8, 4) is 5.75 Å². The molecule has 1 aliphatic carbocycles. The lowest BCUT2D eigenvalue weighted by Crippen LogP contribution is -2.48. The lowest BCUT2D eigenvalue weighted by Gasteiger charge is -2.33. The van der Waals surface area contributed by atoms with Gasteiger partial charge in [-0.1, -0.05) is 6.92 Å². The predicted molar refractivity (Wildman–Crippen MR) is 116 cm³/mol. The highest BCUT2D eigenvalue weighted by atomic mass is 32.2. The summed E-state index contributed by atoms with van der Waals surface area (Å²) in [4.78, 5) is 24.8. The van der Waals surface area contributed by atoms with Gasteiger partial charge >= 0.3 is 0 Å². The SMILES string of the molecule is CC1CCC(NC(=O)[C@@H]2CCCN(S(=O)(=O)c3ccc4c(c3)NC(=O)[C@H](C)O4)C2)CC1. The van der Waals surface area contributed by atoms with Crippen molar-refractivity contribution in [1.82, 2.24) is 9.62 Å². The van der Waals surface area contributed by atoms with Crippen molar-refractivity contribution in [2.75, 3.05) is 18.4 Å². The third kappa shape index (κ3) is 4.72. The van der Waals surface area contributed by atoms with Gasteiger partial charge < -0.3 is 15.4 Å². The number of nitrogens with zero attached hydrogens (tertiary/aromatic N) is 1. The topological polar surface area (TPSA) is 105 Å². The van der Waals surface area contributed by atoms with Crippen LogP contribution in [0.25, 0.3) is 0 Å². The summed E-state index contributed by atoms with van der Waals surface area (Å²) in [5.74, 6) is 0.458. The second kappa shape index (κ2) is 8.78. The predicted octanol–water partition coefficient (Wildman–Crippen LogP) is 2.50. The molecule has 3 aliphatic rings. The van der Waals surface area contributed by atoms with Crippen LogP contribution in [0.2, 0.25) is 0 Å². The minimum atomic E-state index is -3.79. The van der Waals surface area contributed by atoms with Crippen molar-refractivity contribution < 1.29 is 22.7 Å². The van der Waals surface area contributed by atoms with Crippen LogP contribution in [-0.2, 0) is 19.6 Å². The van der Waals surface area contributed by atoms with E-state index in [1.807, 2.05) is 0 Å². The number of rotatable bonds is 4. The first-order chi connectivity index (χ1) is 14.7. The van der Waals surface area contributed by atoms with Crippen molar-refractivity contribution in [3.05, 3.63) is 18.2 Å². The van der Waals surface area contributed by atoms with Gasteiger partial charge in [-0.25, -0.2) is 8.42 Å². The largest absolute Gasteiger partial charge is 0.479 e. The van der Waals surface area contributed by atoms with Crippen LogP contribution in [0.5, 0.6) is 5.75 Å². The summed E-state index contributed by atoms with van der Waals surface area (Å²) in [6, 6.07) is 4.69. The summed E-state index contributed by atoms with van der Waals surface area (Å²) in [5, 5.41) is 5.84. The second-order valence-electron chi connectivity index (χ2n) is 9.07. The van der Waals surface area contributed by atoms with Crippen LogP contribution in [0.3, 0.4) is 0 Å². The molecular weight excluding hydrogens is 418 g/mol. The number of benzene rings is 1. The average molecular weight is 450 g/mol. The van der Waals surface area contributed by atoms with Gasteiger partial charge in [0.05, 0.1) is 16.5 Å². The molecule has 0 bridgehead atoms. The molecule has 170 valence electrons. The molecule has 0 spiro atoms. The van der Waals surface area contributed by atoms with E-state index in [9.17, 15) is 18.0 Å². The first-order valence-electron chi connectivity index (χ1n) is 11.2. The van der Waals surface area contributed by atoms with Gasteiger partial charge in [0.2, 0.25) is 15.9 Å². The van der Waals surface area contributed by atoms with Gasteiger partial charge in [0.1, 0.15) is 5.75 Å². The summed E-state index contributed by atoms with van der Waals surface area (Å²) in [6.07, 6.45) is 4.92. The molecule has 2 N–H and O–H groups in total. The van der Waals surface area contributed by atoms with Gasteiger partial charge in [0, 0.05) is 19.1 Å². The maximum atomic E-state index is 13.3. The molecule has 31 heavy (non-hydrogen) atoms. The number of amides is 2. The highest BCUT2D eigenvalue weighted by Gasteiger charge is 2.35. The quantitative estimate of drug-likeness (QED) is 0.735. The molecule has 2 fully saturated rings. The summed E-state index contributed by atoms with van der Waals surface area (Å²) < 4.78 is 33.4. The van der Waals surface area contributed by atoms with E-state index >= 15 is 0 Å². The highest BCUT2D eigenvalue weighted by molar-refractivity contribution is 7.89. The number of carbonyl (C=O) groups excluding carboxylic acids is 2. The Morgan fingerprint density at radius 1 is 1.16 bits per heavy atom. The van der Waals surface area contributed by atoms with Crippen LogP contribution < -0.4 is 15.4 Å². The number of sulfonamides is 1. The van der Waals surface area contributed by atoms with E-state index in [4.69, 9.17) is 4.74 Å². The number of anilines is 1. The van der Waals surface area contributed by atoms with Crippen molar-refractivity contribution in [2.24, 2.45) is 11.8 Å². The molecule has 4 rings (SSSR count). The van der Waals surface area contributed by atoms with Crippen LogP contribution in [0.15, 0.2) is 23.1 Å². The fourth-order valence-corrected chi connectivity index (χ4v) is 6.15. The lowest BCUT2D eigenvalue weighted by atomic mass is 9.87. The van der Waals surface area contributed by atoms with E-state index in [1.165, 1.54) is 16.4 Å². The molecule has 2 atom stereocenters. The third-order valence-corrected chi connectivity index (χ3v) is 8.50. The Hall–Kier alpha value is -2.13. The molecule has 1 saturated heterocycles. The number of hydrogen-bond acceptors (Lipinski definition) is 5. The van der Waals surface area contributed by atoms with Gasteiger partial charge in [-0.15, -0.1) is 0 Å². The van der Waals surface area contributed by atoms with E-state index in [-0.39, 0.29) is 35.2 Å². The molecular formula is C22H31N3O5S. The molecule has 1 saturated carbocycles. The van der Waals surface area contributed by atoms with E-state index < -0.39 is 16.1 Å². The van der Waals surface area contributed by atoms with Crippen LogP contribution in [0.4, 0.5) is 5.69 Å².